The molecule has 1 atom stereocenters. The maximum Gasteiger partial charge on any atom is 0.194 e. The highest BCUT2D eigenvalue weighted by molar-refractivity contribution is 5.76. The van der Waals surface area contributed by atoms with Crippen LogP contribution in [0.5, 0.6) is 11.5 Å². The monoisotopic (exact) mass is 210 g/mol. The third-order valence-corrected chi connectivity index (χ3v) is 1.66. The van der Waals surface area contributed by atoms with Crippen molar-refractivity contribution in [3.63, 3.8) is 0 Å². The lowest BCUT2D eigenvalue weighted by Gasteiger charge is -2.11. The summed E-state index contributed by atoms with van der Waals surface area (Å²) in [7, 11) is 0. The third kappa shape index (κ3) is 3.59. The van der Waals surface area contributed by atoms with Gasteiger partial charge in [0.1, 0.15) is 17.8 Å². The van der Waals surface area contributed by atoms with Gasteiger partial charge in [-0.05, 0) is 26.0 Å². The van der Waals surface area contributed by atoms with E-state index < -0.39 is 6.29 Å². The van der Waals surface area contributed by atoms with Crippen LogP contribution in [-0.2, 0) is 0 Å². The molecule has 1 rings (SSSR count). The fourth-order valence-electron chi connectivity index (χ4n) is 1.18. The second-order valence-electron chi connectivity index (χ2n) is 3.01. The number of benzene rings is 1. The van der Waals surface area contributed by atoms with E-state index in [1.807, 2.05) is 6.92 Å². The Morgan fingerprint density at radius 1 is 1.40 bits per heavy atom. The van der Waals surface area contributed by atoms with E-state index in [2.05, 4.69) is 0 Å². The SMILES string of the molecule is CCOc1cc(C=O)cc(OC(C)O)c1. The molecule has 82 valence electrons. The molecule has 4 nitrogen and oxygen atoms in total. The maximum absolute atomic E-state index is 10.6. The summed E-state index contributed by atoms with van der Waals surface area (Å²) in [5.74, 6) is 0.968. The van der Waals surface area contributed by atoms with E-state index in [1.165, 1.54) is 6.92 Å². The molecule has 0 amide bonds. The highest BCUT2D eigenvalue weighted by Crippen LogP contribution is 2.22. The number of hydrogen-bond donors (Lipinski definition) is 1. The zero-order valence-corrected chi connectivity index (χ0v) is 8.77. The Morgan fingerprint density at radius 3 is 2.60 bits per heavy atom. The molecule has 1 unspecified atom stereocenters. The van der Waals surface area contributed by atoms with Gasteiger partial charge in [-0.3, -0.25) is 4.79 Å². The quantitative estimate of drug-likeness (QED) is 0.592. The Kier molecular flexibility index (Phi) is 4.12. The summed E-state index contributed by atoms with van der Waals surface area (Å²) < 4.78 is 10.3. The molecule has 0 radical (unpaired) electrons. The fourth-order valence-corrected chi connectivity index (χ4v) is 1.18. The highest BCUT2D eigenvalue weighted by atomic mass is 16.6. The average molecular weight is 210 g/mol. The van der Waals surface area contributed by atoms with Crippen LogP contribution < -0.4 is 9.47 Å². The first-order valence-corrected chi connectivity index (χ1v) is 4.73. The van der Waals surface area contributed by atoms with Crippen LogP contribution in [0.3, 0.4) is 0 Å². The van der Waals surface area contributed by atoms with E-state index in [9.17, 15) is 4.79 Å². The number of carbonyl (C=O) groups excluding carboxylic acids is 1. The first-order valence-electron chi connectivity index (χ1n) is 4.73. The number of rotatable bonds is 5. The lowest BCUT2D eigenvalue weighted by Crippen LogP contribution is -2.09. The van der Waals surface area contributed by atoms with Crippen LogP contribution in [0.2, 0.25) is 0 Å². The van der Waals surface area contributed by atoms with Crippen LogP contribution >= 0.6 is 0 Å². The van der Waals surface area contributed by atoms with Crippen LogP contribution in [0.15, 0.2) is 18.2 Å². The van der Waals surface area contributed by atoms with Gasteiger partial charge in [-0.2, -0.15) is 0 Å². The van der Waals surface area contributed by atoms with Crippen molar-refractivity contribution in [2.24, 2.45) is 0 Å². The molecule has 1 N–H and O–H groups in total. The molecular formula is C11H14O4. The normalized spacial score (nSPS) is 11.9. The van der Waals surface area contributed by atoms with Crippen molar-refractivity contribution in [1.29, 1.82) is 0 Å². The molecule has 1 aromatic rings. The molecule has 0 spiro atoms. The zero-order chi connectivity index (χ0) is 11.3. The Bertz CT molecular complexity index is 333. The summed E-state index contributed by atoms with van der Waals surface area (Å²) in [6, 6.07) is 4.79. The summed E-state index contributed by atoms with van der Waals surface area (Å²) in [6.45, 7) is 3.85. The van der Waals surface area contributed by atoms with Gasteiger partial charge in [-0.15, -0.1) is 0 Å². The molecule has 0 aliphatic carbocycles. The topological polar surface area (TPSA) is 55.8 Å². The minimum absolute atomic E-state index is 0.415. The van der Waals surface area contributed by atoms with Gasteiger partial charge in [-0.25, -0.2) is 0 Å². The summed E-state index contributed by atoms with van der Waals surface area (Å²) >= 11 is 0. The van der Waals surface area contributed by atoms with Crippen LogP contribution in [0, 0.1) is 0 Å². The Labute approximate surface area is 88.4 Å². The molecule has 0 aliphatic heterocycles. The predicted molar refractivity (Wildman–Crippen MR) is 55.3 cm³/mol. The first kappa shape index (κ1) is 11.5. The van der Waals surface area contributed by atoms with Gasteiger partial charge in [-0.1, -0.05) is 0 Å². The molecule has 0 aromatic heterocycles. The smallest absolute Gasteiger partial charge is 0.194 e. The van der Waals surface area contributed by atoms with Gasteiger partial charge in [0, 0.05) is 11.6 Å². The van der Waals surface area contributed by atoms with Crippen molar-refractivity contribution in [2.45, 2.75) is 20.1 Å². The molecule has 4 heteroatoms. The minimum Gasteiger partial charge on any atom is -0.494 e. The Hall–Kier alpha value is -1.55. The van der Waals surface area contributed by atoms with E-state index in [1.54, 1.807) is 18.2 Å². The number of aldehydes is 1. The standard InChI is InChI=1S/C11H14O4/c1-3-14-10-4-9(7-12)5-11(6-10)15-8(2)13/h4-8,13H,3H2,1-2H3. The van der Waals surface area contributed by atoms with Gasteiger partial charge < -0.3 is 14.6 Å². The molecule has 0 heterocycles. The molecule has 15 heavy (non-hydrogen) atoms. The largest absolute Gasteiger partial charge is 0.494 e. The molecule has 0 saturated heterocycles. The number of aliphatic hydroxyl groups excluding tert-OH is 1. The van der Waals surface area contributed by atoms with E-state index in [0.717, 1.165) is 0 Å². The summed E-state index contributed by atoms with van der Waals surface area (Å²) in [6.07, 6.45) is -0.210. The summed E-state index contributed by atoms with van der Waals surface area (Å²) in [4.78, 5) is 10.6. The van der Waals surface area contributed by atoms with Gasteiger partial charge >= 0.3 is 0 Å². The lowest BCUT2D eigenvalue weighted by atomic mass is 10.2. The molecule has 0 fully saturated rings. The van der Waals surface area contributed by atoms with Gasteiger partial charge in [0.05, 0.1) is 6.61 Å². The number of hydrogen-bond acceptors (Lipinski definition) is 4. The van der Waals surface area contributed by atoms with Crippen molar-refractivity contribution in [3.05, 3.63) is 23.8 Å². The van der Waals surface area contributed by atoms with E-state index >= 15 is 0 Å². The summed E-state index contributed by atoms with van der Waals surface area (Å²) in [5.41, 5.74) is 0.455. The molecule has 0 aliphatic rings. The fraction of sp³-hybridized carbons (Fsp3) is 0.364. The predicted octanol–water partition coefficient (Wildman–Crippen LogP) is 1.61. The maximum atomic E-state index is 10.6. The second kappa shape index (κ2) is 5.36. The van der Waals surface area contributed by atoms with Gasteiger partial charge in [0.2, 0.25) is 0 Å². The van der Waals surface area contributed by atoms with Crippen LogP contribution in [0.4, 0.5) is 0 Å². The zero-order valence-electron chi connectivity index (χ0n) is 8.77. The molecule has 1 aromatic carbocycles. The van der Waals surface area contributed by atoms with Crippen molar-refractivity contribution in [2.75, 3.05) is 6.61 Å². The van der Waals surface area contributed by atoms with Crippen LogP contribution in [-0.4, -0.2) is 24.3 Å². The number of ether oxygens (including phenoxy) is 2. The van der Waals surface area contributed by atoms with Crippen LogP contribution in [0.25, 0.3) is 0 Å². The molecule has 0 saturated carbocycles. The number of carbonyl (C=O) groups is 1. The third-order valence-electron chi connectivity index (χ3n) is 1.66. The van der Waals surface area contributed by atoms with Crippen molar-refractivity contribution in [3.8, 4) is 11.5 Å². The van der Waals surface area contributed by atoms with Crippen LogP contribution in [0.1, 0.15) is 24.2 Å². The van der Waals surface area contributed by atoms with Gasteiger partial charge in [0.15, 0.2) is 6.29 Å². The molecule has 0 bridgehead atoms. The van der Waals surface area contributed by atoms with Crippen molar-refractivity contribution in [1.82, 2.24) is 0 Å². The van der Waals surface area contributed by atoms with Crippen molar-refractivity contribution >= 4 is 6.29 Å². The summed E-state index contributed by atoms with van der Waals surface area (Å²) in [5, 5.41) is 9.04. The first-order chi connectivity index (χ1) is 7.15. The minimum atomic E-state index is -0.915. The molecular weight excluding hydrogens is 196 g/mol. The van der Waals surface area contributed by atoms with E-state index in [0.29, 0.717) is 30.0 Å². The number of aliphatic hydroxyl groups is 1. The van der Waals surface area contributed by atoms with Gasteiger partial charge in [0.25, 0.3) is 0 Å². The Morgan fingerprint density at radius 2 is 2.07 bits per heavy atom. The van der Waals surface area contributed by atoms with E-state index in [-0.39, 0.29) is 0 Å². The highest BCUT2D eigenvalue weighted by Gasteiger charge is 2.04. The second-order valence-corrected chi connectivity index (χ2v) is 3.01. The van der Waals surface area contributed by atoms with E-state index in [4.69, 9.17) is 14.6 Å². The lowest BCUT2D eigenvalue weighted by molar-refractivity contribution is -0.000476. The average Bonchev–Trinajstić information content (AvgIpc) is 2.16. The van der Waals surface area contributed by atoms with Crippen molar-refractivity contribution < 1.29 is 19.4 Å². The Balaban J connectivity index is 2.94.